The molecule has 4 rings (SSSR count). The number of hydrogen-bond donors (Lipinski definition) is 3. The van der Waals surface area contributed by atoms with Crippen molar-refractivity contribution < 1.29 is 37.1 Å². The molecule has 0 radical (unpaired) electrons. The minimum Gasteiger partial charge on any atom is -0.436 e. The number of primary amides is 1. The van der Waals surface area contributed by atoms with Crippen LogP contribution >= 0.6 is 0 Å². The Morgan fingerprint density at radius 2 is 1.86 bits per heavy atom. The number of carbonyl (C=O) groups is 4. The summed E-state index contributed by atoms with van der Waals surface area (Å²) in [6, 6.07) is -0.873. The second-order valence-electron chi connectivity index (χ2n) is 9.90. The lowest BCUT2D eigenvalue weighted by Gasteiger charge is -2.30. The molecule has 3 aliphatic heterocycles. The standard InChI is InChI=1S/C23H35N5O8S/c24-22(32)36-18-9-5-3-1-2-4-7-16-15-23(16,25-19(29)17-8-6-10-28(17)20(18)30)21(31)26-37(33,34)27-11-13-35-14-12-27/h4,7,16-18H,1-3,5-6,8-15H2,(H2,24,32)(H,25,29)(H,26,31). The van der Waals surface area contributed by atoms with Gasteiger partial charge in [-0.1, -0.05) is 18.6 Å². The predicted octanol–water partition coefficient (Wildman–Crippen LogP) is -0.470. The maximum absolute atomic E-state index is 13.4. The van der Waals surface area contributed by atoms with Crippen LogP contribution in [0.25, 0.3) is 0 Å². The van der Waals surface area contributed by atoms with Crippen LogP contribution < -0.4 is 15.8 Å². The number of amides is 4. The van der Waals surface area contributed by atoms with Crippen LogP contribution in [0.2, 0.25) is 0 Å². The normalized spacial score (nSPS) is 31.8. The Kier molecular flexibility index (Phi) is 8.39. The Morgan fingerprint density at radius 1 is 1.11 bits per heavy atom. The smallest absolute Gasteiger partial charge is 0.405 e. The van der Waals surface area contributed by atoms with E-state index in [1.807, 2.05) is 12.2 Å². The van der Waals surface area contributed by atoms with Crippen LogP contribution in [0.15, 0.2) is 12.2 Å². The molecule has 1 aliphatic carbocycles. The zero-order valence-corrected chi connectivity index (χ0v) is 21.5. The Hall–Kier alpha value is -2.71. The molecule has 37 heavy (non-hydrogen) atoms. The number of allylic oxidation sites excluding steroid dienone is 1. The molecule has 4 atom stereocenters. The summed E-state index contributed by atoms with van der Waals surface area (Å²) < 4.78 is 39.2. The van der Waals surface area contributed by atoms with Crippen LogP contribution in [-0.2, 0) is 34.1 Å². The van der Waals surface area contributed by atoms with Gasteiger partial charge in [-0.05, 0) is 44.9 Å². The Labute approximate surface area is 216 Å². The summed E-state index contributed by atoms with van der Waals surface area (Å²) in [5.74, 6) is -2.23. The number of carbonyl (C=O) groups excluding carboxylic acids is 4. The third kappa shape index (κ3) is 6.24. The van der Waals surface area contributed by atoms with Gasteiger partial charge in [0.25, 0.3) is 11.8 Å². The van der Waals surface area contributed by atoms with Crippen molar-refractivity contribution in [3.05, 3.63) is 12.2 Å². The van der Waals surface area contributed by atoms with Crippen LogP contribution in [0.3, 0.4) is 0 Å². The predicted molar refractivity (Wildman–Crippen MR) is 130 cm³/mol. The molecule has 1 saturated carbocycles. The van der Waals surface area contributed by atoms with Crippen LogP contribution in [0, 0.1) is 5.92 Å². The molecule has 2 saturated heterocycles. The molecule has 0 aromatic carbocycles. The van der Waals surface area contributed by atoms with E-state index in [9.17, 15) is 27.6 Å². The lowest BCUT2D eigenvalue weighted by atomic mass is 10.1. The fourth-order valence-corrected chi connectivity index (χ4v) is 6.41. The number of nitrogens with one attached hydrogen (secondary N) is 2. The first-order chi connectivity index (χ1) is 17.6. The van der Waals surface area contributed by atoms with Gasteiger partial charge in [-0.3, -0.25) is 14.4 Å². The Morgan fingerprint density at radius 3 is 2.59 bits per heavy atom. The lowest BCUT2D eigenvalue weighted by Crippen LogP contribution is -2.59. The second kappa shape index (κ2) is 11.4. The summed E-state index contributed by atoms with van der Waals surface area (Å²) in [4.78, 5) is 52.8. The zero-order chi connectivity index (χ0) is 26.6. The highest BCUT2D eigenvalue weighted by Gasteiger charge is 2.61. The number of nitrogens with two attached hydrogens (primary N) is 1. The van der Waals surface area contributed by atoms with Gasteiger partial charge >= 0.3 is 16.3 Å². The van der Waals surface area contributed by atoms with Crippen LogP contribution in [0.5, 0.6) is 0 Å². The minimum atomic E-state index is -4.12. The van der Waals surface area contributed by atoms with Crippen LogP contribution in [0.4, 0.5) is 4.79 Å². The van der Waals surface area contributed by atoms with Gasteiger partial charge in [0.15, 0.2) is 6.10 Å². The van der Waals surface area contributed by atoms with Gasteiger partial charge in [0.1, 0.15) is 11.6 Å². The van der Waals surface area contributed by atoms with Gasteiger partial charge in [-0.15, -0.1) is 0 Å². The van der Waals surface area contributed by atoms with Crippen molar-refractivity contribution in [1.29, 1.82) is 0 Å². The van der Waals surface area contributed by atoms with E-state index >= 15 is 0 Å². The maximum atomic E-state index is 13.4. The summed E-state index contributed by atoms with van der Waals surface area (Å²) in [7, 11) is -4.12. The minimum absolute atomic E-state index is 0.124. The van der Waals surface area contributed by atoms with Gasteiger partial charge in [0.2, 0.25) is 5.91 Å². The SMILES string of the molecule is NC(=O)OC1CCCCCC=CC2CC2(C(=O)NS(=O)(=O)N2CCOCC2)NC(=O)C2CCCN2C1=O. The summed E-state index contributed by atoms with van der Waals surface area (Å²) in [5, 5.41) is 2.77. The van der Waals surface area contributed by atoms with E-state index in [0.29, 0.717) is 38.6 Å². The van der Waals surface area contributed by atoms with Gasteiger partial charge in [-0.25, -0.2) is 9.52 Å². The highest BCUT2D eigenvalue weighted by atomic mass is 32.2. The number of morpholine rings is 1. The van der Waals surface area contributed by atoms with Crippen molar-refractivity contribution >= 4 is 34.0 Å². The third-order valence-corrected chi connectivity index (χ3v) is 8.86. The topological polar surface area (TPSA) is 177 Å². The molecule has 3 fully saturated rings. The monoisotopic (exact) mass is 541 g/mol. The van der Waals surface area contributed by atoms with E-state index in [1.165, 1.54) is 4.90 Å². The quantitative estimate of drug-likeness (QED) is 0.400. The van der Waals surface area contributed by atoms with Gasteiger partial charge in [0, 0.05) is 25.6 Å². The molecule has 4 amide bonds. The van der Waals surface area contributed by atoms with Crippen LogP contribution in [0.1, 0.15) is 51.4 Å². The molecule has 0 spiro atoms. The number of hydrogen-bond acceptors (Lipinski definition) is 8. The molecule has 0 bridgehead atoms. The fourth-order valence-electron chi connectivity index (χ4n) is 5.23. The van der Waals surface area contributed by atoms with E-state index in [2.05, 4.69) is 10.0 Å². The zero-order valence-electron chi connectivity index (χ0n) is 20.7. The molecular weight excluding hydrogens is 506 g/mol. The highest BCUT2D eigenvalue weighted by Crippen LogP contribution is 2.45. The Balaban J connectivity index is 1.55. The van der Waals surface area contributed by atoms with Crippen LogP contribution in [-0.4, -0.2) is 92.0 Å². The number of ether oxygens (including phenoxy) is 2. The third-order valence-electron chi connectivity index (χ3n) is 7.38. The first-order valence-electron chi connectivity index (χ1n) is 12.8. The molecular formula is C23H35N5O8S. The van der Waals surface area contributed by atoms with Gasteiger partial charge in [-0.2, -0.15) is 12.7 Å². The summed E-state index contributed by atoms with van der Waals surface area (Å²) >= 11 is 0. The van der Waals surface area contributed by atoms with Crippen molar-refractivity contribution in [2.24, 2.45) is 11.7 Å². The largest absolute Gasteiger partial charge is 0.436 e. The van der Waals surface area contributed by atoms with Gasteiger partial charge in [0.05, 0.1) is 13.2 Å². The van der Waals surface area contributed by atoms with Gasteiger partial charge < -0.3 is 25.4 Å². The molecule has 0 aromatic rings. The first kappa shape index (κ1) is 27.3. The van der Waals surface area contributed by atoms with E-state index < -0.39 is 51.7 Å². The molecule has 0 aromatic heterocycles. The Bertz CT molecular complexity index is 1040. The van der Waals surface area contributed by atoms with Crippen molar-refractivity contribution in [3.63, 3.8) is 0 Å². The van der Waals surface area contributed by atoms with E-state index in [-0.39, 0.29) is 38.6 Å². The molecule has 4 N–H and O–H groups in total. The summed E-state index contributed by atoms with van der Waals surface area (Å²) in [6.45, 7) is 1.00. The number of nitrogens with zero attached hydrogens (tertiary/aromatic N) is 2. The van der Waals surface area contributed by atoms with E-state index in [0.717, 1.165) is 17.1 Å². The molecule has 4 unspecified atom stereocenters. The van der Waals surface area contributed by atoms with Crippen molar-refractivity contribution in [1.82, 2.24) is 19.2 Å². The van der Waals surface area contributed by atoms with Crippen molar-refractivity contribution in [2.45, 2.75) is 69.1 Å². The lowest BCUT2D eigenvalue weighted by molar-refractivity contribution is -0.146. The molecule has 14 heteroatoms. The molecule has 206 valence electrons. The molecule has 4 aliphatic rings. The second-order valence-corrected chi connectivity index (χ2v) is 11.6. The molecule has 13 nitrogen and oxygen atoms in total. The average molecular weight is 542 g/mol. The average Bonchev–Trinajstić information content (AvgIpc) is 3.32. The highest BCUT2D eigenvalue weighted by molar-refractivity contribution is 7.87. The maximum Gasteiger partial charge on any atom is 0.405 e. The van der Waals surface area contributed by atoms with Crippen molar-refractivity contribution in [2.75, 3.05) is 32.8 Å². The van der Waals surface area contributed by atoms with E-state index in [4.69, 9.17) is 15.2 Å². The summed E-state index contributed by atoms with van der Waals surface area (Å²) in [6.07, 6.45) is 6.02. The molecule has 3 heterocycles. The van der Waals surface area contributed by atoms with E-state index in [1.54, 1.807) is 0 Å². The number of rotatable bonds is 4. The first-order valence-corrected chi connectivity index (χ1v) is 14.2. The fraction of sp³-hybridized carbons (Fsp3) is 0.739. The summed E-state index contributed by atoms with van der Waals surface area (Å²) in [5.41, 5.74) is 3.75. The van der Waals surface area contributed by atoms with Crippen molar-refractivity contribution in [3.8, 4) is 0 Å². The number of fused-ring (bicyclic) bond motifs is 2.